The van der Waals surface area contributed by atoms with Crippen molar-refractivity contribution in [3.63, 3.8) is 0 Å². The summed E-state index contributed by atoms with van der Waals surface area (Å²) in [5, 5.41) is 4.23. The number of benzene rings is 2. The van der Waals surface area contributed by atoms with Gasteiger partial charge in [0, 0.05) is 11.8 Å². The van der Waals surface area contributed by atoms with Gasteiger partial charge in [0.25, 0.3) is 0 Å². The van der Waals surface area contributed by atoms with Crippen LogP contribution in [0.2, 0.25) is 0 Å². The average molecular weight is 428 g/mol. The van der Waals surface area contributed by atoms with Crippen LogP contribution < -0.4 is 10.3 Å². The van der Waals surface area contributed by atoms with Gasteiger partial charge in [0.15, 0.2) is 15.6 Å². The first-order valence-electron chi connectivity index (χ1n) is 9.64. The van der Waals surface area contributed by atoms with E-state index >= 15 is 0 Å². The lowest BCUT2D eigenvalue weighted by Gasteiger charge is -2.14. The van der Waals surface area contributed by atoms with Gasteiger partial charge in [-0.05, 0) is 54.3 Å². The highest BCUT2D eigenvalue weighted by Gasteiger charge is 2.22. The van der Waals surface area contributed by atoms with E-state index in [2.05, 4.69) is 5.10 Å². The van der Waals surface area contributed by atoms with Crippen LogP contribution >= 0.6 is 0 Å². The zero-order valence-corrected chi connectivity index (χ0v) is 17.2. The van der Waals surface area contributed by atoms with Crippen LogP contribution in [0.5, 0.6) is 5.75 Å². The number of nitrogens with zero attached hydrogens (tertiary/aromatic N) is 2. The molecule has 1 aromatic heterocycles. The van der Waals surface area contributed by atoms with E-state index in [0.717, 1.165) is 12.7 Å². The van der Waals surface area contributed by atoms with Gasteiger partial charge in [-0.2, -0.15) is 9.78 Å². The molecular weight excluding hydrogens is 407 g/mol. The van der Waals surface area contributed by atoms with Crippen LogP contribution in [0, 0.1) is 11.7 Å². The van der Waals surface area contributed by atoms with E-state index in [1.807, 2.05) is 0 Å². The largest absolute Gasteiger partial charge is 0.487 e. The van der Waals surface area contributed by atoms with Gasteiger partial charge in [0.1, 0.15) is 5.82 Å². The van der Waals surface area contributed by atoms with Gasteiger partial charge in [-0.25, -0.2) is 12.8 Å². The summed E-state index contributed by atoms with van der Waals surface area (Å²) in [6.07, 6.45) is 5.87. The molecule has 0 radical (unpaired) electrons. The van der Waals surface area contributed by atoms with Gasteiger partial charge in [0.2, 0.25) is 0 Å². The summed E-state index contributed by atoms with van der Waals surface area (Å²) >= 11 is 0. The summed E-state index contributed by atoms with van der Waals surface area (Å²) in [5.41, 5.74) is 1.07. The molecule has 30 heavy (non-hydrogen) atoms. The van der Waals surface area contributed by atoms with Crippen molar-refractivity contribution in [1.82, 2.24) is 9.78 Å². The lowest BCUT2D eigenvalue weighted by molar-refractivity contribution is 0.297. The number of hydrogen-bond acceptors (Lipinski definition) is 5. The molecule has 0 bridgehead atoms. The van der Waals surface area contributed by atoms with E-state index in [1.165, 1.54) is 60.1 Å². The summed E-state index contributed by atoms with van der Waals surface area (Å²) in [4.78, 5) is 13.3. The summed E-state index contributed by atoms with van der Waals surface area (Å²) in [5.74, 6) is 0.376. The third-order valence-corrected chi connectivity index (χ3v) is 6.20. The Labute approximate surface area is 173 Å². The van der Waals surface area contributed by atoms with E-state index in [0.29, 0.717) is 29.3 Å². The van der Waals surface area contributed by atoms with Crippen LogP contribution in [-0.4, -0.2) is 31.1 Å². The van der Waals surface area contributed by atoms with Crippen LogP contribution in [-0.2, 0) is 9.84 Å². The first-order valence-corrected chi connectivity index (χ1v) is 11.5. The topological polar surface area (TPSA) is 78.3 Å². The minimum absolute atomic E-state index is 0.141. The van der Waals surface area contributed by atoms with Crippen LogP contribution in [0.4, 0.5) is 4.39 Å². The first-order chi connectivity index (χ1) is 14.3. The summed E-state index contributed by atoms with van der Waals surface area (Å²) in [6, 6.07) is 11.7. The van der Waals surface area contributed by atoms with E-state index in [-0.39, 0.29) is 10.6 Å². The summed E-state index contributed by atoms with van der Waals surface area (Å²) < 4.78 is 43.8. The highest BCUT2D eigenvalue weighted by atomic mass is 32.2. The molecule has 4 rings (SSSR count). The van der Waals surface area contributed by atoms with Gasteiger partial charge in [-0.1, -0.05) is 25.0 Å². The van der Waals surface area contributed by atoms with E-state index in [1.54, 1.807) is 12.1 Å². The normalized spacial score (nSPS) is 13.9. The molecule has 1 fully saturated rings. The second-order valence-corrected chi connectivity index (χ2v) is 9.47. The van der Waals surface area contributed by atoms with Gasteiger partial charge >= 0.3 is 5.56 Å². The molecule has 0 saturated heterocycles. The zero-order chi connectivity index (χ0) is 21.3. The smallest absolute Gasteiger partial charge is 0.314 e. The Morgan fingerprint density at radius 3 is 2.37 bits per heavy atom. The van der Waals surface area contributed by atoms with Crippen molar-refractivity contribution < 1.29 is 17.5 Å². The maximum Gasteiger partial charge on any atom is 0.314 e. The van der Waals surface area contributed by atoms with E-state index in [4.69, 9.17) is 4.74 Å². The Morgan fingerprint density at radius 2 is 1.77 bits per heavy atom. The lowest BCUT2D eigenvalue weighted by atomic mass is 10.1. The number of rotatable bonds is 7. The molecule has 1 aliphatic rings. The first kappa shape index (κ1) is 20.3. The van der Waals surface area contributed by atoms with Crippen LogP contribution in [0.15, 0.2) is 64.4 Å². The SMILES string of the molecule is CS(=O)(=O)c1ccc(-c2cnn(-c3ccc(F)cc3)c(=O)c2OCCC2CC2)cc1. The second-order valence-electron chi connectivity index (χ2n) is 7.46. The Kier molecular flexibility index (Phi) is 5.42. The fourth-order valence-corrected chi connectivity index (χ4v) is 3.80. The fraction of sp³-hybridized carbons (Fsp3) is 0.273. The fourth-order valence-electron chi connectivity index (χ4n) is 3.17. The molecule has 0 aliphatic heterocycles. The Bertz CT molecular complexity index is 1220. The molecule has 0 unspecified atom stereocenters. The van der Waals surface area contributed by atoms with Crippen molar-refractivity contribution in [3.8, 4) is 22.6 Å². The maximum absolute atomic E-state index is 13.3. The molecule has 3 aromatic rings. The Morgan fingerprint density at radius 1 is 1.10 bits per heavy atom. The molecule has 2 aromatic carbocycles. The van der Waals surface area contributed by atoms with Crippen molar-refractivity contribution in [2.75, 3.05) is 12.9 Å². The average Bonchev–Trinajstić information content (AvgIpc) is 3.54. The van der Waals surface area contributed by atoms with Crippen LogP contribution in [0.1, 0.15) is 19.3 Å². The molecule has 1 saturated carbocycles. The lowest BCUT2D eigenvalue weighted by Crippen LogP contribution is -2.24. The van der Waals surface area contributed by atoms with Crippen molar-refractivity contribution in [2.24, 2.45) is 5.92 Å². The quantitative estimate of drug-likeness (QED) is 0.574. The number of hydrogen-bond donors (Lipinski definition) is 0. The Hall–Kier alpha value is -3.00. The van der Waals surface area contributed by atoms with Gasteiger partial charge in [-0.3, -0.25) is 4.79 Å². The standard InChI is InChI=1S/C22H21FN2O4S/c1-30(27,28)19-10-4-16(5-11-19)20-14-24-25(18-8-6-17(23)7-9-18)22(26)21(20)29-13-12-15-2-3-15/h4-11,14-15H,2-3,12-13H2,1H3. The van der Waals surface area contributed by atoms with Gasteiger partial charge < -0.3 is 4.74 Å². The van der Waals surface area contributed by atoms with Crippen molar-refractivity contribution in [2.45, 2.75) is 24.2 Å². The van der Waals surface area contributed by atoms with Gasteiger partial charge in [-0.15, -0.1) is 0 Å². The minimum Gasteiger partial charge on any atom is -0.487 e. The third kappa shape index (κ3) is 4.43. The molecule has 0 N–H and O–H groups in total. The molecule has 1 heterocycles. The van der Waals surface area contributed by atoms with Crippen molar-refractivity contribution in [3.05, 3.63) is 70.9 Å². The second kappa shape index (κ2) is 8.02. The number of halogens is 1. The van der Waals surface area contributed by atoms with E-state index < -0.39 is 21.2 Å². The molecule has 1 aliphatic carbocycles. The van der Waals surface area contributed by atoms with Crippen molar-refractivity contribution in [1.29, 1.82) is 0 Å². The van der Waals surface area contributed by atoms with Crippen LogP contribution in [0.25, 0.3) is 16.8 Å². The molecule has 0 amide bonds. The zero-order valence-electron chi connectivity index (χ0n) is 16.4. The third-order valence-electron chi connectivity index (χ3n) is 5.07. The molecule has 0 atom stereocenters. The summed E-state index contributed by atoms with van der Waals surface area (Å²) in [6.45, 7) is 0.405. The highest BCUT2D eigenvalue weighted by Crippen LogP contribution is 2.33. The minimum atomic E-state index is -3.33. The highest BCUT2D eigenvalue weighted by molar-refractivity contribution is 7.90. The number of sulfone groups is 1. The molecule has 0 spiro atoms. The predicted octanol–water partition coefficient (Wildman–Crippen LogP) is 3.62. The number of aromatic nitrogens is 2. The summed E-state index contributed by atoms with van der Waals surface area (Å²) in [7, 11) is -3.33. The van der Waals surface area contributed by atoms with Gasteiger partial charge in [0.05, 0.1) is 23.4 Å². The Balaban J connectivity index is 1.75. The molecule has 8 heteroatoms. The molecular formula is C22H21FN2O4S. The predicted molar refractivity (Wildman–Crippen MR) is 111 cm³/mol. The monoisotopic (exact) mass is 428 g/mol. The number of ether oxygens (including phenoxy) is 1. The molecule has 6 nitrogen and oxygen atoms in total. The van der Waals surface area contributed by atoms with Crippen LogP contribution in [0.3, 0.4) is 0 Å². The van der Waals surface area contributed by atoms with Crippen molar-refractivity contribution >= 4 is 9.84 Å². The molecule has 156 valence electrons. The van der Waals surface area contributed by atoms with E-state index in [9.17, 15) is 17.6 Å². The maximum atomic E-state index is 13.3.